The van der Waals surface area contributed by atoms with Gasteiger partial charge in [-0.3, -0.25) is 22.7 Å². The molecule has 4 N–H and O–H groups in total. The summed E-state index contributed by atoms with van der Waals surface area (Å²) < 4.78 is 71.2. The summed E-state index contributed by atoms with van der Waals surface area (Å²) >= 11 is 0. The smallest absolute Gasteiger partial charge is 0.390 e. The highest BCUT2D eigenvalue weighted by atomic mass is 31.3. The SMILES string of the molecule is COP(=O)(O)OP(=O)(OC)OP(=O)(OC)OC[C@H]1O[C@@H](n2cnc3c(N)ncnc32)C[C@H]1O. The van der Waals surface area contributed by atoms with E-state index < -0.39 is 48.5 Å². The van der Waals surface area contributed by atoms with Crippen LogP contribution in [0.1, 0.15) is 12.6 Å². The number of nitrogens with two attached hydrogens (primary N) is 1. The molecule has 0 bridgehead atoms. The Kier molecular flexibility index (Phi) is 8.06. The molecule has 20 heteroatoms. The van der Waals surface area contributed by atoms with Gasteiger partial charge in [0.25, 0.3) is 0 Å². The Balaban J connectivity index is 1.68. The van der Waals surface area contributed by atoms with Crippen molar-refractivity contribution in [3.8, 4) is 0 Å². The van der Waals surface area contributed by atoms with E-state index in [2.05, 4.69) is 37.1 Å². The molecule has 3 heterocycles. The van der Waals surface area contributed by atoms with Crippen LogP contribution in [0.5, 0.6) is 0 Å². The lowest BCUT2D eigenvalue weighted by atomic mass is 10.2. The lowest BCUT2D eigenvalue weighted by Crippen LogP contribution is -2.26. The number of rotatable bonds is 11. The zero-order valence-corrected chi connectivity index (χ0v) is 20.2. The highest BCUT2D eigenvalue weighted by molar-refractivity contribution is 7.67. The van der Waals surface area contributed by atoms with Crippen LogP contribution in [-0.4, -0.2) is 69.7 Å². The minimum Gasteiger partial charge on any atom is -0.390 e. The normalized spacial score (nSPS) is 26.6. The number of anilines is 1. The molecule has 33 heavy (non-hydrogen) atoms. The van der Waals surface area contributed by atoms with Gasteiger partial charge in [0.1, 0.15) is 24.2 Å². The van der Waals surface area contributed by atoms with E-state index >= 15 is 0 Å². The van der Waals surface area contributed by atoms with E-state index in [1.165, 1.54) is 17.2 Å². The third-order valence-corrected chi connectivity index (χ3v) is 9.43. The van der Waals surface area contributed by atoms with Crippen LogP contribution in [0.2, 0.25) is 0 Å². The fourth-order valence-corrected chi connectivity index (χ4v) is 6.82. The van der Waals surface area contributed by atoms with Gasteiger partial charge in [0, 0.05) is 27.8 Å². The Bertz CT molecular complexity index is 1130. The Labute approximate surface area is 186 Å². The van der Waals surface area contributed by atoms with Crippen LogP contribution in [-0.2, 0) is 45.1 Å². The fourth-order valence-electron chi connectivity index (χ4n) is 2.75. The number of aliphatic hydroxyl groups excluding tert-OH is 1. The highest BCUT2D eigenvalue weighted by Gasteiger charge is 2.46. The summed E-state index contributed by atoms with van der Waals surface area (Å²) in [4.78, 5) is 21.4. The number of phosphoric ester groups is 2. The number of nitrogens with zero attached hydrogens (tertiary/aromatic N) is 4. The summed E-state index contributed by atoms with van der Waals surface area (Å²) in [7, 11) is -12.0. The molecule has 6 atom stereocenters. The predicted molar refractivity (Wildman–Crippen MR) is 108 cm³/mol. The fraction of sp³-hybridized carbons (Fsp3) is 0.615. The van der Waals surface area contributed by atoms with E-state index in [0.29, 0.717) is 11.2 Å². The Morgan fingerprint density at radius 3 is 2.45 bits per heavy atom. The number of aliphatic hydroxyl groups is 1. The highest BCUT2D eigenvalue weighted by Crippen LogP contribution is 2.71. The molecule has 2 aromatic rings. The molecular weight excluding hydrogens is 511 g/mol. The van der Waals surface area contributed by atoms with Crippen LogP contribution in [0.3, 0.4) is 0 Å². The second-order valence-corrected chi connectivity index (χ2v) is 11.8. The molecule has 1 saturated heterocycles. The van der Waals surface area contributed by atoms with Gasteiger partial charge in [0.15, 0.2) is 11.5 Å². The third kappa shape index (κ3) is 6.03. The molecule has 17 nitrogen and oxygen atoms in total. The largest absolute Gasteiger partial charge is 0.492 e. The standard InChI is InChI=1S/C13H22N5O12P3/c1-24-31(20,21)29-33(23,26-3)30-32(22,25-2)27-5-9-8(19)4-10(28-9)18-7-17-11-12(14)15-6-16-13(11)18/h6-10,19H,4-5H2,1-3H3,(H,20,21)(H2,14,15,16)/t8-,9-,10-,32?,33?/m1/s1. The molecule has 0 radical (unpaired) electrons. The van der Waals surface area contributed by atoms with E-state index in [9.17, 15) is 23.7 Å². The monoisotopic (exact) mass is 533 g/mol. The number of nitrogen functional groups attached to an aromatic ring is 1. The van der Waals surface area contributed by atoms with Crippen molar-refractivity contribution in [3.05, 3.63) is 12.7 Å². The quantitative estimate of drug-likeness (QED) is 0.346. The second kappa shape index (κ2) is 10.1. The van der Waals surface area contributed by atoms with E-state index in [0.717, 1.165) is 21.3 Å². The van der Waals surface area contributed by atoms with Crippen molar-refractivity contribution in [3.63, 3.8) is 0 Å². The molecule has 3 unspecified atom stereocenters. The minimum atomic E-state index is -4.93. The van der Waals surface area contributed by atoms with E-state index in [-0.39, 0.29) is 12.2 Å². The van der Waals surface area contributed by atoms with Gasteiger partial charge in [-0.15, -0.1) is 0 Å². The first kappa shape index (κ1) is 26.3. The first-order chi connectivity index (χ1) is 15.4. The number of aromatic nitrogens is 4. The van der Waals surface area contributed by atoms with Crippen molar-refractivity contribution in [2.45, 2.75) is 24.9 Å². The summed E-state index contributed by atoms with van der Waals surface area (Å²) in [5.41, 5.74) is 6.48. The summed E-state index contributed by atoms with van der Waals surface area (Å²) in [5, 5.41) is 10.4. The van der Waals surface area contributed by atoms with Crippen molar-refractivity contribution in [2.24, 2.45) is 0 Å². The maximum Gasteiger partial charge on any atom is 0.492 e. The van der Waals surface area contributed by atoms with Crippen LogP contribution in [0.4, 0.5) is 5.82 Å². The van der Waals surface area contributed by atoms with E-state index in [4.69, 9.17) is 15.0 Å². The molecule has 0 spiro atoms. The van der Waals surface area contributed by atoms with Crippen molar-refractivity contribution in [1.82, 2.24) is 19.5 Å². The molecular formula is C13H22N5O12P3. The number of phosphoric acid groups is 3. The summed E-state index contributed by atoms with van der Waals surface area (Å²) in [6.07, 6.45) is -0.111. The molecule has 0 saturated carbocycles. The zero-order valence-electron chi connectivity index (χ0n) is 17.5. The molecule has 186 valence electrons. The average Bonchev–Trinajstić information content (AvgIpc) is 3.36. The van der Waals surface area contributed by atoms with Crippen molar-refractivity contribution >= 4 is 40.4 Å². The minimum absolute atomic E-state index is 0.0861. The van der Waals surface area contributed by atoms with Gasteiger partial charge in [0.2, 0.25) is 0 Å². The van der Waals surface area contributed by atoms with Gasteiger partial charge in [0.05, 0.1) is 19.0 Å². The molecule has 3 rings (SSSR count). The lowest BCUT2D eigenvalue weighted by Gasteiger charge is -2.23. The average molecular weight is 533 g/mol. The Hall–Kier alpha value is -1.32. The maximum atomic E-state index is 12.7. The van der Waals surface area contributed by atoms with Crippen LogP contribution >= 0.6 is 23.5 Å². The number of imidazole rings is 1. The number of hydrogen-bond donors (Lipinski definition) is 3. The number of fused-ring (bicyclic) bond motifs is 1. The van der Waals surface area contributed by atoms with Crippen LogP contribution in [0, 0.1) is 0 Å². The number of hydrogen-bond acceptors (Lipinski definition) is 15. The molecule has 1 aliphatic heterocycles. The molecule has 0 amide bonds. The molecule has 0 aliphatic carbocycles. The summed E-state index contributed by atoms with van der Waals surface area (Å²) in [6, 6.07) is 0. The van der Waals surface area contributed by atoms with Gasteiger partial charge < -0.3 is 20.5 Å². The van der Waals surface area contributed by atoms with Crippen molar-refractivity contribution in [2.75, 3.05) is 33.7 Å². The van der Waals surface area contributed by atoms with Crippen LogP contribution in [0.25, 0.3) is 11.2 Å². The van der Waals surface area contributed by atoms with Gasteiger partial charge in [-0.05, 0) is 0 Å². The van der Waals surface area contributed by atoms with Gasteiger partial charge in [-0.2, -0.15) is 8.62 Å². The van der Waals surface area contributed by atoms with E-state index in [1.54, 1.807) is 0 Å². The second-order valence-electron chi connectivity index (χ2n) is 6.38. The Morgan fingerprint density at radius 2 is 1.82 bits per heavy atom. The predicted octanol–water partition coefficient (Wildman–Crippen LogP) is 1.36. The first-order valence-electron chi connectivity index (χ1n) is 8.98. The molecule has 0 aromatic carbocycles. The van der Waals surface area contributed by atoms with Crippen molar-refractivity contribution < 1.29 is 55.1 Å². The summed E-state index contributed by atoms with van der Waals surface area (Å²) in [5.74, 6) is 0.168. The molecule has 1 aliphatic rings. The first-order valence-corrected chi connectivity index (χ1v) is 13.4. The van der Waals surface area contributed by atoms with Crippen molar-refractivity contribution in [1.29, 1.82) is 0 Å². The molecule has 1 fully saturated rings. The van der Waals surface area contributed by atoms with Gasteiger partial charge in [-0.25, -0.2) is 28.6 Å². The van der Waals surface area contributed by atoms with Crippen LogP contribution < -0.4 is 5.73 Å². The van der Waals surface area contributed by atoms with Gasteiger partial charge in [-0.1, -0.05) is 0 Å². The lowest BCUT2D eigenvalue weighted by molar-refractivity contribution is -0.0431. The Morgan fingerprint density at radius 1 is 1.12 bits per heavy atom. The van der Waals surface area contributed by atoms with Crippen LogP contribution in [0.15, 0.2) is 12.7 Å². The molecule has 2 aromatic heterocycles. The van der Waals surface area contributed by atoms with Gasteiger partial charge >= 0.3 is 23.5 Å². The topological polar surface area (TPSA) is 226 Å². The van der Waals surface area contributed by atoms with E-state index in [1.807, 2.05) is 0 Å². The number of ether oxygens (including phenoxy) is 1. The summed E-state index contributed by atoms with van der Waals surface area (Å²) in [6.45, 7) is -0.558. The third-order valence-electron chi connectivity index (χ3n) is 4.38. The zero-order chi connectivity index (χ0) is 24.4. The maximum absolute atomic E-state index is 12.7.